The molecule has 0 radical (unpaired) electrons. The molecule has 1 aromatic heterocycles. The SMILES string of the molecule is C[C@@H]1C=CC[C@H]2C(=O)N(N(CC(=O)c3cccs3)C(=O)c3ccc(Cl)c(Cl)c3)C(=O)[C@@H]12. The lowest BCUT2D eigenvalue weighted by atomic mass is 9.78. The molecule has 1 aromatic carbocycles. The number of amides is 3. The number of rotatable bonds is 5. The van der Waals surface area contributed by atoms with Crippen molar-refractivity contribution in [1.29, 1.82) is 0 Å². The van der Waals surface area contributed by atoms with Gasteiger partial charge < -0.3 is 0 Å². The number of hydrogen-bond acceptors (Lipinski definition) is 5. The molecule has 1 fully saturated rings. The van der Waals surface area contributed by atoms with Gasteiger partial charge in [-0.2, -0.15) is 5.01 Å². The minimum Gasteiger partial charge on any atom is -0.291 e. The summed E-state index contributed by atoms with van der Waals surface area (Å²) in [5.41, 5.74) is 0.120. The lowest BCUT2D eigenvalue weighted by Crippen LogP contribution is -2.52. The van der Waals surface area contributed by atoms with Gasteiger partial charge in [-0.15, -0.1) is 11.3 Å². The van der Waals surface area contributed by atoms with E-state index in [1.165, 1.54) is 29.5 Å². The van der Waals surface area contributed by atoms with Gasteiger partial charge in [-0.05, 0) is 42.0 Å². The Kier molecular flexibility index (Phi) is 6.01. The van der Waals surface area contributed by atoms with Crippen LogP contribution in [0.2, 0.25) is 10.0 Å². The number of carbonyl (C=O) groups excluding carboxylic acids is 4. The molecule has 1 saturated heterocycles. The van der Waals surface area contributed by atoms with Gasteiger partial charge in [0.05, 0.1) is 26.8 Å². The number of halogens is 2. The number of hydrogen-bond donors (Lipinski definition) is 0. The summed E-state index contributed by atoms with van der Waals surface area (Å²) in [6, 6.07) is 7.61. The van der Waals surface area contributed by atoms with Gasteiger partial charge in [-0.1, -0.05) is 48.3 Å². The molecule has 2 aliphatic rings. The highest BCUT2D eigenvalue weighted by Crippen LogP contribution is 2.39. The Morgan fingerprint density at radius 2 is 1.94 bits per heavy atom. The Morgan fingerprint density at radius 1 is 1.16 bits per heavy atom. The standard InChI is InChI=1S/C22H18Cl2N2O4S/c1-12-4-2-5-14-19(12)22(30)26(21(14)29)25(11-17(27)18-6-3-9-31-18)20(28)13-7-8-15(23)16(24)10-13/h2-4,6-10,12,14,19H,5,11H2,1H3/t12-,14-,19+/m1/s1. The van der Waals surface area contributed by atoms with E-state index in [-0.39, 0.29) is 27.3 Å². The van der Waals surface area contributed by atoms with E-state index in [1.54, 1.807) is 17.5 Å². The van der Waals surface area contributed by atoms with E-state index >= 15 is 0 Å². The number of Topliss-reactive ketones (excluding diaryl/α,β-unsaturated/α-hetero) is 1. The summed E-state index contributed by atoms with van der Waals surface area (Å²) in [6.07, 6.45) is 4.20. The van der Waals surface area contributed by atoms with Crippen LogP contribution in [0.25, 0.3) is 0 Å². The van der Waals surface area contributed by atoms with Crippen LogP contribution in [0.15, 0.2) is 47.9 Å². The van der Waals surface area contributed by atoms with Gasteiger partial charge in [-0.3, -0.25) is 19.2 Å². The molecule has 9 heteroatoms. The number of hydrazine groups is 1. The number of benzene rings is 1. The fourth-order valence-corrected chi connectivity index (χ4v) is 4.99. The van der Waals surface area contributed by atoms with Crippen molar-refractivity contribution in [1.82, 2.24) is 10.0 Å². The molecular weight excluding hydrogens is 459 g/mol. The van der Waals surface area contributed by atoms with Crippen LogP contribution in [0.4, 0.5) is 0 Å². The average Bonchev–Trinajstić information content (AvgIpc) is 3.36. The van der Waals surface area contributed by atoms with Crippen molar-refractivity contribution in [2.24, 2.45) is 17.8 Å². The summed E-state index contributed by atoms with van der Waals surface area (Å²) in [7, 11) is 0. The van der Waals surface area contributed by atoms with E-state index in [9.17, 15) is 19.2 Å². The Morgan fingerprint density at radius 3 is 2.58 bits per heavy atom. The van der Waals surface area contributed by atoms with E-state index in [1.807, 2.05) is 19.1 Å². The summed E-state index contributed by atoms with van der Waals surface area (Å²) >= 11 is 13.2. The van der Waals surface area contributed by atoms with Crippen LogP contribution in [0, 0.1) is 17.8 Å². The molecule has 2 aromatic rings. The smallest absolute Gasteiger partial charge is 0.273 e. The van der Waals surface area contributed by atoms with Gasteiger partial charge in [0, 0.05) is 5.56 Å². The van der Waals surface area contributed by atoms with Crippen molar-refractivity contribution in [3.05, 3.63) is 68.3 Å². The molecule has 4 rings (SSSR count). The second kappa shape index (κ2) is 8.57. The average molecular weight is 477 g/mol. The Bertz CT molecular complexity index is 1100. The molecule has 0 unspecified atom stereocenters. The molecular formula is C22H18Cl2N2O4S. The van der Waals surface area contributed by atoms with E-state index < -0.39 is 36.1 Å². The highest BCUT2D eigenvalue weighted by atomic mass is 35.5. The molecule has 3 amide bonds. The van der Waals surface area contributed by atoms with Gasteiger partial charge in [0.15, 0.2) is 5.78 Å². The molecule has 0 spiro atoms. The molecule has 3 atom stereocenters. The number of allylic oxidation sites excluding steroid dienone is 2. The molecule has 0 N–H and O–H groups in total. The number of imide groups is 1. The molecule has 6 nitrogen and oxygen atoms in total. The zero-order chi connectivity index (χ0) is 22.3. The molecule has 160 valence electrons. The lowest BCUT2D eigenvalue weighted by Gasteiger charge is -2.30. The number of nitrogens with zero attached hydrogens (tertiary/aromatic N) is 2. The third kappa shape index (κ3) is 3.93. The maximum Gasteiger partial charge on any atom is 0.273 e. The van der Waals surface area contributed by atoms with Crippen LogP contribution in [0.5, 0.6) is 0 Å². The monoisotopic (exact) mass is 476 g/mol. The molecule has 1 aliphatic heterocycles. The third-order valence-electron chi connectivity index (χ3n) is 5.58. The predicted molar refractivity (Wildman–Crippen MR) is 118 cm³/mol. The van der Waals surface area contributed by atoms with Crippen molar-refractivity contribution in [3.8, 4) is 0 Å². The minimum absolute atomic E-state index is 0.120. The van der Waals surface area contributed by atoms with Crippen LogP contribution in [0.1, 0.15) is 33.4 Å². The third-order valence-corrected chi connectivity index (χ3v) is 7.23. The van der Waals surface area contributed by atoms with Crippen LogP contribution in [0.3, 0.4) is 0 Å². The largest absolute Gasteiger partial charge is 0.291 e. The number of thiophene rings is 1. The van der Waals surface area contributed by atoms with E-state index in [2.05, 4.69) is 0 Å². The van der Waals surface area contributed by atoms with E-state index in [4.69, 9.17) is 23.2 Å². The van der Waals surface area contributed by atoms with Gasteiger partial charge >= 0.3 is 0 Å². The summed E-state index contributed by atoms with van der Waals surface area (Å²) < 4.78 is 0. The molecule has 0 saturated carbocycles. The second-order valence-corrected chi connectivity index (χ2v) is 9.30. The molecule has 31 heavy (non-hydrogen) atoms. The van der Waals surface area contributed by atoms with Crippen molar-refractivity contribution in [2.75, 3.05) is 6.54 Å². The first-order valence-electron chi connectivity index (χ1n) is 9.67. The highest BCUT2D eigenvalue weighted by Gasteiger charge is 2.53. The van der Waals surface area contributed by atoms with Crippen LogP contribution < -0.4 is 0 Å². The summed E-state index contributed by atoms with van der Waals surface area (Å²) in [6.45, 7) is 1.42. The van der Waals surface area contributed by atoms with Crippen molar-refractivity contribution >= 4 is 58.0 Å². The van der Waals surface area contributed by atoms with Crippen molar-refractivity contribution in [3.63, 3.8) is 0 Å². The Hall–Kier alpha value is -2.48. The van der Waals surface area contributed by atoms with Gasteiger partial charge in [0.1, 0.15) is 6.54 Å². The topological polar surface area (TPSA) is 74.8 Å². The molecule has 1 aliphatic carbocycles. The van der Waals surface area contributed by atoms with Crippen molar-refractivity contribution in [2.45, 2.75) is 13.3 Å². The lowest BCUT2D eigenvalue weighted by molar-refractivity contribution is -0.154. The summed E-state index contributed by atoms with van der Waals surface area (Å²) in [5.74, 6) is -3.24. The van der Waals surface area contributed by atoms with Crippen LogP contribution in [-0.2, 0) is 9.59 Å². The Labute approximate surface area is 193 Å². The van der Waals surface area contributed by atoms with Gasteiger partial charge in [0.25, 0.3) is 17.7 Å². The normalized spacial score (nSPS) is 22.5. The first kappa shape index (κ1) is 21.7. The van der Waals surface area contributed by atoms with Gasteiger partial charge in [0.2, 0.25) is 0 Å². The second-order valence-electron chi connectivity index (χ2n) is 7.54. The number of fused-ring (bicyclic) bond motifs is 1. The molecule has 0 bridgehead atoms. The van der Waals surface area contributed by atoms with Crippen molar-refractivity contribution < 1.29 is 19.2 Å². The summed E-state index contributed by atoms with van der Waals surface area (Å²) in [4.78, 5) is 53.1. The number of ketones is 1. The van der Waals surface area contributed by atoms with E-state index in [0.717, 1.165) is 10.0 Å². The van der Waals surface area contributed by atoms with Gasteiger partial charge in [-0.25, -0.2) is 5.01 Å². The molecule has 2 heterocycles. The fourth-order valence-electron chi connectivity index (χ4n) is 4.03. The first-order valence-corrected chi connectivity index (χ1v) is 11.3. The predicted octanol–water partition coefficient (Wildman–Crippen LogP) is 4.49. The quantitative estimate of drug-likeness (QED) is 0.361. The first-order chi connectivity index (χ1) is 14.8. The zero-order valence-corrected chi connectivity index (χ0v) is 18.8. The van der Waals surface area contributed by atoms with Crippen LogP contribution in [-0.4, -0.2) is 40.1 Å². The van der Waals surface area contributed by atoms with Crippen LogP contribution >= 0.6 is 34.5 Å². The Balaban J connectivity index is 1.72. The number of carbonyl (C=O) groups is 4. The minimum atomic E-state index is -0.676. The highest BCUT2D eigenvalue weighted by molar-refractivity contribution is 7.12. The van der Waals surface area contributed by atoms with E-state index in [0.29, 0.717) is 11.3 Å². The maximum atomic E-state index is 13.4. The zero-order valence-electron chi connectivity index (χ0n) is 16.5. The fraction of sp³-hybridized carbons (Fsp3) is 0.273. The maximum absolute atomic E-state index is 13.4. The summed E-state index contributed by atoms with van der Waals surface area (Å²) in [5, 5.41) is 3.96.